The molecule has 4 aromatic carbocycles. The molecular formula is C39H26Cl2F5N3O6. The zero-order valence-electron chi connectivity index (χ0n) is 28.3. The Kier molecular flexibility index (Phi) is 8.50. The van der Waals surface area contributed by atoms with Crippen molar-refractivity contribution in [3.05, 3.63) is 119 Å². The van der Waals surface area contributed by atoms with Crippen LogP contribution >= 0.6 is 23.2 Å². The molecular weight excluding hydrogens is 772 g/mol. The molecule has 4 aliphatic rings. The van der Waals surface area contributed by atoms with Gasteiger partial charge in [-0.25, -0.2) is 26.9 Å². The molecule has 0 radical (unpaired) electrons. The van der Waals surface area contributed by atoms with E-state index in [2.05, 4.69) is 5.32 Å². The number of benzene rings is 4. The number of nitrogens with one attached hydrogen (secondary N) is 1. The molecule has 2 heterocycles. The Labute approximate surface area is 318 Å². The first-order chi connectivity index (χ1) is 26.2. The van der Waals surface area contributed by atoms with Crippen molar-refractivity contribution in [2.24, 2.45) is 17.8 Å². The van der Waals surface area contributed by atoms with E-state index in [1.165, 1.54) is 31.4 Å². The van der Waals surface area contributed by atoms with E-state index >= 15 is 8.78 Å². The number of phenols is 1. The second-order valence-electron chi connectivity index (χ2n) is 13.6. The molecule has 0 aromatic heterocycles. The highest BCUT2D eigenvalue weighted by atomic mass is 35.5. The number of rotatable bonds is 6. The number of ether oxygens (including phenoxy) is 1. The maximum atomic E-state index is 15.3. The Bertz CT molecular complexity index is 2350. The summed E-state index contributed by atoms with van der Waals surface area (Å²) >= 11 is 14.3. The van der Waals surface area contributed by atoms with Crippen LogP contribution in [0.25, 0.3) is 0 Å². The van der Waals surface area contributed by atoms with Gasteiger partial charge in [0.05, 0.1) is 24.6 Å². The number of allylic oxidation sites excluding steroid dienone is 2. The molecule has 2 aliphatic carbocycles. The number of hydrogen-bond donors (Lipinski definition) is 2. The Morgan fingerprint density at radius 2 is 1.36 bits per heavy atom. The van der Waals surface area contributed by atoms with Crippen LogP contribution in [0.2, 0.25) is 0 Å². The van der Waals surface area contributed by atoms with Crippen molar-refractivity contribution in [1.29, 1.82) is 0 Å². The fraction of sp³-hybridized carbons (Fsp3) is 0.231. The minimum absolute atomic E-state index is 0.0800. The van der Waals surface area contributed by atoms with Crippen molar-refractivity contribution in [2.45, 2.75) is 28.5 Å². The van der Waals surface area contributed by atoms with Gasteiger partial charge in [0.2, 0.25) is 17.6 Å². The van der Waals surface area contributed by atoms with Gasteiger partial charge in [-0.15, -0.1) is 23.2 Å². The normalized spacial score (nSPS) is 27.2. The maximum Gasteiger partial charge on any atom is 0.258 e. The van der Waals surface area contributed by atoms with Gasteiger partial charge >= 0.3 is 0 Å². The van der Waals surface area contributed by atoms with Crippen molar-refractivity contribution in [2.75, 3.05) is 22.2 Å². The summed E-state index contributed by atoms with van der Waals surface area (Å²) in [7, 11) is 1.22. The lowest BCUT2D eigenvalue weighted by Gasteiger charge is -2.50. The molecule has 3 fully saturated rings. The van der Waals surface area contributed by atoms with Gasteiger partial charge in [0.1, 0.15) is 17.2 Å². The van der Waals surface area contributed by atoms with E-state index in [1.54, 1.807) is 24.3 Å². The molecule has 2 aliphatic heterocycles. The molecule has 0 unspecified atom stereocenters. The molecule has 6 atom stereocenters. The van der Waals surface area contributed by atoms with Crippen LogP contribution in [-0.2, 0) is 19.2 Å². The first kappa shape index (κ1) is 36.5. The Morgan fingerprint density at radius 3 is 2.00 bits per heavy atom. The number of carbonyl (C=O) groups is 4. The quantitative estimate of drug-likeness (QED) is 0.0516. The fourth-order valence-corrected chi connectivity index (χ4v) is 9.44. The second kappa shape index (κ2) is 12.8. The standard InChI is InChI=1S/C39H26Cl2F5N3O6/c1-55-24-9-5-8-23(50)26(24)27-20-14-15-21-25(35(52)48(34(21)51)19-12-10-18(11-13-19)47-17-6-3-2-4-7-17)22(20)16-38(40)36(53)49(37(54)39(27,38)41)33-31(45)29(43)28(42)30(44)32(33)46/h2-14,21-22,25,27,47,50H,15-16H2,1H3/t21-,22+,25-,27+,38+,39-/m0/s1. The number of alkyl halides is 2. The number of fused-ring (bicyclic) bond motifs is 4. The van der Waals surface area contributed by atoms with Crippen LogP contribution in [0.15, 0.2) is 84.4 Å². The number of carbonyl (C=O) groups excluding carboxylic acids is 4. The third-order valence-electron chi connectivity index (χ3n) is 11.0. The highest BCUT2D eigenvalue weighted by Crippen LogP contribution is 2.67. The smallest absolute Gasteiger partial charge is 0.258 e. The van der Waals surface area contributed by atoms with E-state index in [9.17, 15) is 37.5 Å². The van der Waals surface area contributed by atoms with Crippen LogP contribution in [0.1, 0.15) is 24.3 Å². The van der Waals surface area contributed by atoms with Gasteiger partial charge in [-0.3, -0.25) is 24.1 Å². The van der Waals surface area contributed by atoms with Gasteiger partial charge in [-0.05, 0) is 67.3 Å². The molecule has 4 amide bonds. The highest BCUT2D eigenvalue weighted by Gasteiger charge is 2.77. The lowest BCUT2D eigenvalue weighted by Crippen LogP contribution is -2.60. The predicted molar refractivity (Wildman–Crippen MR) is 190 cm³/mol. The number of anilines is 4. The number of halogens is 7. The van der Waals surface area contributed by atoms with Crippen molar-refractivity contribution in [1.82, 2.24) is 0 Å². The number of nitrogens with zero attached hydrogens (tertiary/aromatic N) is 2. The maximum absolute atomic E-state index is 15.3. The van der Waals surface area contributed by atoms with Crippen LogP contribution in [0.4, 0.5) is 44.7 Å². The molecule has 9 nitrogen and oxygen atoms in total. The van der Waals surface area contributed by atoms with Crippen molar-refractivity contribution in [3.63, 3.8) is 0 Å². The van der Waals surface area contributed by atoms with Crippen LogP contribution in [0.5, 0.6) is 11.5 Å². The lowest BCUT2D eigenvalue weighted by molar-refractivity contribution is -0.125. The minimum Gasteiger partial charge on any atom is -0.508 e. The SMILES string of the molecule is COc1cccc(O)c1[C@H]1C2=CC[C@@H]3C(=O)N(c4ccc(Nc5ccccc5)cc4)C(=O)[C@@H]3[C@@H]2C[C@@]2(Cl)C(=O)N(c3c(F)c(F)c(F)c(F)c3F)C(=O)[C@@]12Cl. The summed E-state index contributed by atoms with van der Waals surface area (Å²) in [6, 6.07) is 19.7. The van der Waals surface area contributed by atoms with Gasteiger partial charge in [0.25, 0.3) is 11.8 Å². The topological polar surface area (TPSA) is 116 Å². The first-order valence-corrected chi connectivity index (χ1v) is 17.6. The molecule has 16 heteroatoms. The monoisotopic (exact) mass is 797 g/mol. The largest absolute Gasteiger partial charge is 0.508 e. The Hall–Kier alpha value is -5.47. The third-order valence-corrected chi connectivity index (χ3v) is 12.4. The van der Waals surface area contributed by atoms with E-state index in [4.69, 9.17) is 27.9 Å². The Balaban J connectivity index is 1.25. The summed E-state index contributed by atoms with van der Waals surface area (Å²) in [6.45, 7) is 0. The summed E-state index contributed by atoms with van der Waals surface area (Å²) in [5, 5.41) is 14.5. The van der Waals surface area contributed by atoms with E-state index in [-0.39, 0.29) is 33.9 Å². The Morgan fingerprint density at radius 1 is 0.745 bits per heavy atom. The fourth-order valence-electron chi connectivity index (χ4n) is 8.52. The van der Waals surface area contributed by atoms with Crippen molar-refractivity contribution < 1.29 is 51.0 Å². The second-order valence-corrected chi connectivity index (χ2v) is 14.9. The minimum atomic E-state index is -2.82. The third kappa shape index (κ3) is 4.96. The molecule has 8 rings (SSSR count). The lowest BCUT2D eigenvalue weighted by atomic mass is 9.56. The van der Waals surface area contributed by atoms with Gasteiger partial charge in [0.15, 0.2) is 33.0 Å². The molecule has 1 saturated carbocycles. The summed E-state index contributed by atoms with van der Waals surface area (Å²) in [5.41, 5.74) is -0.260. The van der Waals surface area contributed by atoms with Gasteiger partial charge in [-0.1, -0.05) is 35.9 Å². The molecule has 0 spiro atoms. The zero-order valence-corrected chi connectivity index (χ0v) is 29.8. The number of methoxy groups -OCH3 is 1. The summed E-state index contributed by atoms with van der Waals surface area (Å²) < 4.78 is 79.3. The number of phenolic OH excluding ortho intramolecular Hbond substituents is 1. The van der Waals surface area contributed by atoms with Gasteiger partial charge in [0, 0.05) is 22.9 Å². The number of imide groups is 2. The van der Waals surface area contributed by atoms with Crippen LogP contribution in [0, 0.1) is 46.8 Å². The van der Waals surface area contributed by atoms with Crippen LogP contribution in [-0.4, -0.2) is 45.6 Å². The first-order valence-electron chi connectivity index (χ1n) is 16.8. The number of hydrogen-bond acceptors (Lipinski definition) is 7. The number of aromatic hydroxyl groups is 1. The van der Waals surface area contributed by atoms with Crippen molar-refractivity contribution >= 4 is 69.6 Å². The van der Waals surface area contributed by atoms with Crippen LogP contribution in [0.3, 0.4) is 0 Å². The molecule has 0 bridgehead atoms. The summed E-state index contributed by atoms with van der Waals surface area (Å²) in [5.74, 6) is -22.7. The van der Waals surface area contributed by atoms with Crippen molar-refractivity contribution in [3.8, 4) is 11.5 Å². The van der Waals surface area contributed by atoms with E-state index in [0.29, 0.717) is 5.69 Å². The van der Waals surface area contributed by atoms with Gasteiger partial charge in [-0.2, -0.15) is 0 Å². The van der Waals surface area contributed by atoms with E-state index < -0.39 is 104 Å². The summed E-state index contributed by atoms with van der Waals surface area (Å²) in [6.07, 6.45) is 0.757. The summed E-state index contributed by atoms with van der Waals surface area (Å²) in [4.78, 5) is 52.5. The molecule has 2 saturated heterocycles. The molecule has 2 N–H and O–H groups in total. The molecule has 282 valence electrons. The average molecular weight is 799 g/mol. The average Bonchev–Trinajstić information content (AvgIpc) is 3.52. The molecule has 4 aromatic rings. The number of amides is 4. The highest BCUT2D eigenvalue weighted by molar-refractivity contribution is 6.58. The van der Waals surface area contributed by atoms with Crippen LogP contribution < -0.4 is 19.9 Å². The van der Waals surface area contributed by atoms with Gasteiger partial charge < -0.3 is 15.2 Å². The van der Waals surface area contributed by atoms with E-state index in [0.717, 1.165) is 10.6 Å². The van der Waals surface area contributed by atoms with E-state index in [1.807, 2.05) is 30.3 Å². The molecule has 55 heavy (non-hydrogen) atoms. The number of para-hydroxylation sites is 1. The predicted octanol–water partition coefficient (Wildman–Crippen LogP) is 7.61. The zero-order chi connectivity index (χ0) is 39.3.